The summed E-state index contributed by atoms with van der Waals surface area (Å²) in [7, 11) is 0. The van der Waals surface area contributed by atoms with Crippen LogP contribution in [0.4, 0.5) is 11.9 Å². The van der Waals surface area contributed by atoms with E-state index in [1.807, 2.05) is 60.7 Å². The second-order valence-electron chi connectivity index (χ2n) is 8.62. The number of allylic oxidation sites excluding steroid dienone is 1. The van der Waals surface area contributed by atoms with Crippen LogP contribution in [0.15, 0.2) is 66.7 Å². The number of hydrogen-bond acceptors (Lipinski definition) is 5. The molecule has 1 N–H and O–H groups in total. The number of aromatic nitrogens is 3. The van der Waals surface area contributed by atoms with Gasteiger partial charge in [-0.05, 0) is 30.0 Å². The zero-order valence-corrected chi connectivity index (χ0v) is 17.5. The van der Waals surface area contributed by atoms with Crippen molar-refractivity contribution in [1.29, 1.82) is 0 Å². The fourth-order valence-corrected chi connectivity index (χ4v) is 5.11. The van der Waals surface area contributed by atoms with Gasteiger partial charge in [-0.25, -0.2) is 9.58 Å². The topological polar surface area (TPSA) is 80.1 Å². The summed E-state index contributed by atoms with van der Waals surface area (Å²) in [5, 5.41) is 8.01. The third-order valence-electron chi connectivity index (χ3n) is 6.72. The predicted molar refractivity (Wildman–Crippen MR) is 121 cm³/mol. The summed E-state index contributed by atoms with van der Waals surface area (Å²) in [6.07, 6.45) is 5.61. The van der Waals surface area contributed by atoms with Crippen LogP contribution in [-0.4, -0.2) is 26.6 Å². The number of fused-ring (bicyclic) bond motifs is 2. The third-order valence-corrected chi connectivity index (χ3v) is 6.72. The maximum Gasteiger partial charge on any atom is 0.260 e. The Hall–Kier alpha value is -3.74. The number of carbonyl (C=O) groups is 2. The maximum absolute atomic E-state index is 13.1. The molecule has 6 rings (SSSR count). The minimum absolute atomic E-state index is 0.157. The molecule has 1 aliphatic carbocycles. The molecule has 3 heterocycles. The molecule has 3 aromatic rings. The van der Waals surface area contributed by atoms with Gasteiger partial charge in [0.05, 0.1) is 11.8 Å². The number of hydrogen-bond donors (Lipinski definition) is 1. The predicted octanol–water partition coefficient (Wildman–Crippen LogP) is 4.01. The van der Waals surface area contributed by atoms with Crippen LogP contribution in [0.1, 0.15) is 42.9 Å². The van der Waals surface area contributed by atoms with Gasteiger partial charge < -0.3 is 5.32 Å². The first kappa shape index (κ1) is 19.0. The molecule has 1 saturated heterocycles. The van der Waals surface area contributed by atoms with E-state index in [0.29, 0.717) is 5.95 Å². The van der Waals surface area contributed by atoms with Crippen LogP contribution in [0, 0.1) is 11.8 Å². The Labute approximate surface area is 185 Å². The number of amides is 2. The Balaban J connectivity index is 1.42. The van der Waals surface area contributed by atoms with Crippen molar-refractivity contribution in [2.75, 3.05) is 10.2 Å². The van der Waals surface area contributed by atoms with Gasteiger partial charge in [0.25, 0.3) is 5.95 Å². The molecule has 7 heteroatoms. The Bertz CT molecular complexity index is 1190. The minimum atomic E-state index is -0.229. The smallest absolute Gasteiger partial charge is 0.260 e. The van der Waals surface area contributed by atoms with E-state index in [1.165, 1.54) is 4.90 Å². The fraction of sp³-hybridized carbons (Fsp3) is 0.280. The molecule has 0 bridgehead atoms. The lowest BCUT2D eigenvalue weighted by molar-refractivity contribution is -0.122. The summed E-state index contributed by atoms with van der Waals surface area (Å²) in [5.74, 6) is -0.0863. The number of imide groups is 1. The molecule has 0 spiro atoms. The highest BCUT2D eigenvalue weighted by Gasteiger charge is 2.50. The van der Waals surface area contributed by atoms with Crippen LogP contribution in [0.2, 0.25) is 0 Å². The second kappa shape index (κ2) is 7.44. The lowest BCUT2D eigenvalue weighted by Crippen LogP contribution is -2.32. The van der Waals surface area contributed by atoms with Gasteiger partial charge in [-0.1, -0.05) is 73.5 Å². The molecule has 3 aliphatic rings. The Morgan fingerprint density at radius 1 is 0.844 bits per heavy atom. The van der Waals surface area contributed by atoms with Crippen molar-refractivity contribution in [3.8, 4) is 0 Å². The first-order valence-electron chi connectivity index (χ1n) is 11.1. The van der Waals surface area contributed by atoms with Gasteiger partial charge in [0.1, 0.15) is 6.04 Å². The summed E-state index contributed by atoms with van der Waals surface area (Å²) < 4.78 is 1.76. The number of nitrogens with one attached hydrogen (secondary N) is 1. The highest BCUT2D eigenvalue weighted by atomic mass is 16.2. The highest BCUT2D eigenvalue weighted by Crippen LogP contribution is 2.40. The van der Waals surface area contributed by atoms with Gasteiger partial charge in [0.2, 0.25) is 17.8 Å². The molecule has 0 radical (unpaired) electrons. The SMILES string of the molecule is O=C1C2CCCCC2C(=O)N1c1nc2n(n1)C(c1ccccc1)C=C(c1ccccc1)N2. The molecule has 160 valence electrons. The Kier molecular flexibility index (Phi) is 4.41. The lowest BCUT2D eigenvalue weighted by atomic mass is 9.81. The molecule has 3 unspecified atom stereocenters. The fourth-order valence-electron chi connectivity index (χ4n) is 5.11. The van der Waals surface area contributed by atoms with Crippen LogP contribution < -0.4 is 10.2 Å². The number of nitrogens with zero attached hydrogens (tertiary/aromatic N) is 4. The third kappa shape index (κ3) is 2.96. The number of anilines is 2. The largest absolute Gasteiger partial charge is 0.324 e. The first-order valence-corrected chi connectivity index (χ1v) is 11.1. The van der Waals surface area contributed by atoms with E-state index in [1.54, 1.807) is 4.68 Å². The average molecular weight is 425 g/mol. The van der Waals surface area contributed by atoms with Crippen molar-refractivity contribution < 1.29 is 9.59 Å². The van der Waals surface area contributed by atoms with E-state index in [-0.39, 0.29) is 35.6 Å². The van der Waals surface area contributed by atoms with Gasteiger partial charge in [0.15, 0.2) is 0 Å². The highest BCUT2D eigenvalue weighted by molar-refractivity contribution is 6.21. The molecule has 2 aromatic carbocycles. The van der Waals surface area contributed by atoms with Crippen molar-refractivity contribution in [3.05, 3.63) is 77.9 Å². The summed E-state index contributed by atoms with van der Waals surface area (Å²) in [4.78, 5) is 32.0. The van der Waals surface area contributed by atoms with Crippen molar-refractivity contribution in [2.45, 2.75) is 31.7 Å². The van der Waals surface area contributed by atoms with Crippen molar-refractivity contribution in [3.63, 3.8) is 0 Å². The first-order chi connectivity index (χ1) is 15.7. The molecule has 32 heavy (non-hydrogen) atoms. The maximum atomic E-state index is 13.1. The second-order valence-corrected chi connectivity index (χ2v) is 8.62. The summed E-state index contributed by atoms with van der Waals surface area (Å²) >= 11 is 0. The number of benzene rings is 2. The molecular formula is C25H23N5O2. The van der Waals surface area contributed by atoms with E-state index in [9.17, 15) is 9.59 Å². The van der Waals surface area contributed by atoms with E-state index in [2.05, 4.69) is 21.5 Å². The van der Waals surface area contributed by atoms with Gasteiger partial charge in [0, 0.05) is 5.70 Å². The van der Waals surface area contributed by atoms with Gasteiger partial charge in [-0.3, -0.25) is 9.59 Å². The quantitative estimate of drug-likeness (QED) is 0.642. The zero-order chi connectivity index (χ0) is 21.7. The van der Waals surface area contributed by atoms with Crippen LogP contribution in [-0.2, 0) is 9.59 Å². The minimum Gasteiger partial charge on any atom is -0.324 e. The van der Waals surface area contributed by atoms with E-state index < -0.39 is 0 Å². The standard InChI is InChI=1S/C25H23N5O2/c31-22-18-13-7-8-14-19(18)23(32)29(22)25-27-24-26-20(16-9-3-1-4-10-16)15-21(30(24)28-25)17-11-5-2-6-12-17/h1-6,9-12,15,18-19,21H,7-8,13-14H2,(H,26,27,28). The summed E-state index contributed by atoms with van der Waals surface area (Å²) in [6, 6.07) is 19.9. The molecule has 2 amide bonds. The summed E-state index contributed by atoms with van der Waals surface area (Å²) in [6.45, 7) is 0. The number of rotatable bonds is 3. The summed E-state index contributed by atoms with van der Waals surface area (Å²) in [5.41, 5.74) is 3.00. The molecule has 7 nitrogen and oxygen atoms in total. The molecule has 1 aromatic heterocycles. The molecule has 3 atom stereocenters. The van der Waals surface area contributed by atoms with E-state index in [4.69, 9.17) is 0 Å². The Morgan fingerprint density at radius 2 is 1.47 bits per heavy atom. The normalized spacial score (nSPS) is 24.6. The molecule has 2 aliphatic heterocycles. The van der Waals surface area contributed by atoms with Crippen LogP contribution in [0.5, 0.6) is 0 Å². The van der Waals surface area contributed by atoms with Crippen LogP contribution >= 0.6 is 0 Å². The lowest BCUT2D eigenvalue weighted by Gasteiger charge is -2.24. The van der Waals surface area contributed by atoms with Gasteiger partial charge in [-0.2, -0.15) is 4.98 Å². The zero-order valence-electron chi connectivity index (χ0n) is 17.5. The average Bonchev–Trinajstić information content (AvgIpc) is 3.38. The van der Waals surface area contributed by atoms with E-state index in [0.717, 1.165) is 42.5 Å². The monoisotopic (exact) mass is 425 g/mol. The van der Waals surface area contributed by atoms with Gasteiger partial charge >= 0.3 is 0 Å². The molecular weight excluding hydrogens is 402 g/mol. The Morgan fingerprint density at radius 3 is 2.12 bits per heavy atom. The number of carbonyl (C=O) groups excluding carboxylic acids is 2. The van der Waals surface area contributed by atoms with Crippen molar-refractivity contribution in [2.24, 2.45) is 11.8 Å². The van der Waals surface area contributed by atoms with Crippen LogP contribution in [0.3, 0.4) is 0 Å². The van der Waals surface area contributed by atoms with Gasteiger partial charge in [-0.15, -0.1) is 5.10 Å². The van der Waals surface area contributed by atoms with Crippen molar-refractivity contribution >= 4 is 29.4 Å². The molecule has 1 saturated carbocycles. The van der Waals surface area contributed by atoms with Crippen molar-refractivity contribution in [1.82, 2.24) is 14.8 Å². The van der Waals surface area contributed by atoms with Crippen LogP contribution in [0.25, 0.3) is 5.70 Å². The van der Waals surface area contributed by atoms with E-state index >= 15 is 0 Å². The molecule has 2 fully saturated rings.